The summed E-state index contributed by atoms with van der Waals surface area (Å²) in [5.41, 5.74) is -0.239. The lowest BCUT2D eigenvalue weighted by atomic mass is 10.2. The highest BCUT2D eigenvalue weighted by molar-refractivity contribution is 6.02. The van der Waals surface area contributed by atoms with Crippen molar-refractivity contribution in [2.45, 2.75) is 0 Å². The Labute approximate surface area is 99.8 Å². The Morgan fingerprint density at radius 3 is 2.67 bits per heavy atom. The van der Waals surface area contributed by atoms with Gasteiger partial charge in [0.25, 0.3) is 17.2 Å². The molecule has 0 bridgehead atoms. The van der Waals surface area contributed by atoms with E-state index >= 15 is 0 Å². The number of H-pyrrole nitrogens is 2. The molecular formula is C10H8N4O4. The van der Waals surface area contributed by atoms with E-state index in [1.54, 1.807) is 0 Å². The fourth-order valence-corrected chi connectivity index (χ4v) is 1.35. The highest BCUT2D eigenvalue weighted by Crippen LogP contribution is 2.17. The fourth-order valence-electron chi connectivity index (χ4n) is 1.35. The summed E-state index contributed by atoms with van der Waals surface area (Å²) in [5.74, 6) is -0.561. The summed E-state index contributed by atoms with van der Waals surface area (Å²) in [7, 11) is 0. The van der Waals surface area contributed by atoms with Crippen LogP contribution in [0, 0.1) is 10.1 Å². The average molecular weight is 248 g/mol. The quantitative estimate of drug-likeness (QED) is 0.551. The Balaban J connectivity index is 2.19. The van der Waals surface area contributed by atoms with Crippen molar-refractivity contribution in [3.8, 4) is 0 Å². The zero-order valence-electron chi connectivity index (χ0n) is 8.97. The number of nitro benzene ring substituents is 1. The number of hydrogen-bond acceptors (Lipinski definition) is 4. The predicted octanol–water partition coefficient (Wildman–Crippen LogP) is 0.863. The first kappa shape index (κ1) is 11.6. The summed E-state index contributed by atoms with van der Waals surface area (Å²) in [6, 6.07) is 6.59. The fraction of sp³-hybridized carbons (Fsp3) is 0. The first-order valence-corrected chi connectivity index (χ1v) is 4.90. The lowest BCUT2D eigenvalue weighted by molar-refractivity contribution is -0.384. The maximum absolute atomic E-state index is 11.6. The lowest BCUT2D eigenvalue weighted by Gasteiger charge is -2.02. The highest BCUT2D eigenvalue weighted by atomic mass is 16.6. The largest absolute Gasteiger partial charge is 0.320 e. The first-order valence-electron chi connectivity index (χ1n) is 4.90. The molecule has 0 unspecified atom stereocenters. The molecule has 0 fully saturated rings. The Morgan fingerprint density at radius 2 is 2.06 bits per heavy atom. The molecule has 1 aromatic heterocycles. The van der Waals surface area contributed by atoms with Gasteiger partial charge in [-0.1, -0.05) is 6.07 Å². The molecule has 92 valence electrons. The van der Waals surface area contributed by atoms with Gasteiger partial charge >= 0.3 is 0 Å². The molecule has 8 nitrogen and oxygen atoms in total. The maximum atomic E-state index is 11.6. The van der Waals surface area contributed by atoms with Crippen LogP contribution in [0.15, 0.2) is 35.1 Å². The predicted molar refractivity (Wildman–Crippen MR) is 62.5 cm³/mol. The van der Waals surface area contributed by atoms with Crippen LogP contribution in [0.2, 0.25) is 0 Å². The molecule has 0 atom stereocenters. The number of hydrogen-bond donors (Lipinski definition) is 3. The zero-order chi connectivity index (χ0) is 13.1. The van der Waals surface area contributed by atoms with E-state index < -0.39 is 16.4 Å². The third-order valence-electron chi connectivity index (χ3n) is 2.16. The van der Waals surface area contributed by atoms with Gasteiger partial charge in [-0.15, -0.1) is 0 Å². The van der Waals surface area contributed by atoms with Gasteiger partial charge in [0.1, 0.15) is 5.69 Å². The van der Waals surface area contributed by atoms with Crippen LogP contribution < -0.4 is 10.9 Å². The Hall–Kier alpha value is -2.90. The maximum Gasteiger partial charge on any atom is 0.273 e. The number of rotatable bonds is 3. The van der Waals surface area contributed by atoms with Gasteiger partial charge in [-0.25, -0.2) is 0 Å². The number of non-ortho nitro benzene ring substituents is 1. The van der Waals surface area contributed by atoms with Gasteiger partial charge in [-0.05, 0) is 6.07 Å². The van der Waals surface area contributed by atoms with Crippen molar-refractivity contribution in [2.24, 2.45) is 0 Å². The van der Waals surface area contributed by atoms with E-state index in [0.717, 1.165) is 6.07 Å². The van der Waals surface area contributed by atoms with Gasteiger partial charge in [-0.3, -0.25) is 29.9 Å². The van der Waals surface area contributed by atoms with Crippen molar-refractivity contribution in [2.75, 3.05) is 5.32 Å². The molecule has 0 radical (unpaired) electrons. The zero-order valence-corrected chi connectivity index (χ0v) is 8.97. The van der Waals surface area contributed by atoms with E-state index in [0.29, 0.717) is 0 Å². The summed E-state index contributed by atoms with van der Waals surface area (Å²) in [6.45, 7) is 0. The van der Waals surface area contributed by atoms with Gasteiger partial charge in [0.2, 0.25) is 0 Å². The number of amides is 1. The Bertz CT molecular complexity index is 658. The van der Waals surface area contributed by atoms with Crippen LogP contribution >= 0.6 is 0 Å². The SMILES string of the molecule is O=C(Nc1cccc([N+](=O)[O-])c1)c1cc(=O)[nH][nH]1. The van der Waals surface area contributed by atoms with Gasteiger partial charge in [0, 0.05) is 23.9 Å². The summed E-state index contributed by atoms with van der Waals surface area (Å²) >= 11 is 0. The molecule has 0 saturated carbocycles. The average Bonchev–Trinajstić information content (AvgIpc) is 2.76. The topological polar surface area (TPSA) is 121 Å². The van der Waals surface area contributed by atoms with Gasteiger partial charge in [0.05, 0.1) is 4.92 Å². The smallest absolute Gasteiger partial charge is 0.273 e. The summed E-state index contributed by atoms with van der Waals surface area (Å²) in [4.78, 5) is 32.5. The van der Waals surface area contributed by atoms with Crippen molar-refractivity contribution in [1.29, 1.82) is 0 Å². The highest BCUT2D eigenvalue weighted by Gasteiger charge is 2.11. The number of carbonyl (C=O) groups is 1. The van der Waals surface area contributed by atoms with E-state index in [9.17, 15) is 19.7 Å². The molecule has 18 heavy (non-hydrogen) atoms. The van der Waals surface area contributed by atoms with Gasteiger partial charge in [-0.2, -0.15) is 0 Å². The van der Waals surface area contributed by atoms with Crippen LogP contribution in [0.4, 0.5) is 11.4 Å². The normalized spacial score (nSPS) is 10.0. The third kappa shape index (κ3) is 2.43. The van der Waals surface area contributed by atoms with E-state index in [-0.39, 0.29) is 17.1 Å². The monoisotopic (exact) mass is 248 g/mol. The van der Waals surface area contributed by atoms with E-state index in [4.69, 9.17) is 0 Å². The summed E-state index contributed by atoms with van der Waals surface area (Å²) < 4.78 is 0. The first-order chi connectivity index (χ1) is 8.56. The van der Waals surface area contributed by atoms with Crippen LogP contribution in [-0.4, -0.2) is 21.0 Å². The van der Waals surface area contributed by atoms with E-state index in [2.05, 4.69) is 15.5 Å². The number of carbonyl (C=O) groups excluding carboxylic acids is 1. The molecule has 0 spiro atoms. The van der Waals surface area contributed by atoms with Gasteiger partial charge in [0.15, 0.2) is 0 Å². The van der Waals surface area contributed by atoms with Crippen LogP contribution in [-0.2, 0) is 0 Å². The molecular weight excluding hydrogens is 240 g/mol. The molecule has 1 heterocycles. The van der Waals surface area contributed by atoms with Crippen LogP contribution in [0.1, 0.15) is 10.5 Å². The number of aromatic amines is 2. The molecule has 0 aliphatic carbocycles. The molecule has 1 aromatic carbocycles. The number of nitrogens with zero attached hydrogens (tertiary/aromatic N) is 1. The van der Waals surface area contributed by atoms with E-state index in [1.165, 1.54) is 24.3 Å². The summed E-state index contributed by atoms with van der Waals surface area (Å²) in [5, 5.41) is 17.6. The van der Waals surface area contributed by atoms with Crippen molar-refractivity contribution in [3.05, 3.63) is 56.5 Å². The molecule has 0 aliphatic heterocycles. The lowest BCUT2D eigenvalue weighted by Crippen LogP contribution is -2.12. The summed E-state index contributed by atoms with van der Waals surface area (Å²) in [6.07, 6.45) is 0. The Kier molecular flexibility index (Phi) is 2.92. The number of benzene rings is 1. The molecule has 2 rings (SSSR count). The molecule has 8 heteroatoms. The minimum absolute atomic E-state index is 0.0477. The number of nitrogens with one attached hydrogen (secondary N) is 3. The Morgan fingerprint density at radius 1 is 1.28 bits per heavy atom. The van der Waals surface area contributed by atoms with Crippen LogP contribution in [0.3, 0.4) is 0 Å². The van der Waals surface area contributed by atoms with E-state index in [1.807, 2.05) is 0 Å². The van der Waals surface area contributed by atoms with Gasteiger partial charge < -0.3 is 5.32 Å². The minimum atomic E-state index is -0.562. The van der Waals surface area contributed by atoms with Crippen molar-refractivity contribution >= 4 is 17.3 Å². The van der Waals surface area contributed by atoms with Crippen molar-refractivity contribution in [3.63, 3.8) is 0 Å². The molecule has 0 saturated heterocycles. The standard InChI is InChI=1S/C10H8N4O4/c15-9-5-8(12-13-9)10(16)11-6-2-1-3-7(4-6)14(17)18/h1-5H,(H,11,16)(H2,12,13,15). The second-order valence-electron chi connectivity index (χ2n) is 3.43. The second kappa shape index (κ2) is 4.53. The molecule has 0 aliphatic rings. The molecule has 2 aromatic rings. The molecule has 1 amide bonds. The number of nitro groups is 1. The minimum Gasteiger partial charge on any atom is -0.320 e. The van der Waals surface area contributed by atoms with Crippen LogP contribution in [0.25, 0.3) is 0 Å². The van der Waals surface area contributed by atoms with Crippen LogP contribution in [0.5, 0.6) is 0 Å². The second-order valence-corrected chi connectivity index (χ2v) is 3.43. The third-order valence-corrected chi connectivity index (χ3v) is 2.16. The number of anilines is 1. The number of aromatic nitrogens is 2. The van der Waals surface area contributed by atoms with Crippen molar-refractivity contribution < 1.29 is 9.72 Å². The van der Waals surface area contributed by atoms with Crippen molar-refractivity contribution in [1.82, 2.24) is 10.2 Å². The molecule has 3 N–H and O–H groups in total.